The maximum absolute atomic E-state index is 5.30. The van der Waals surface area contributed by atoms with Gasteiger partial charge in [-0.3, -0.25) is 4.98 Å². The lowest BCUT2D eigenvalue weighted by Crippen LogP contribution is -1.93. The van der Waals surface area contributed by atoms with Crippen molar-refractivity contribution in [3.05, 3.63) is 60.4 Å². The van der Waals surface area contributed by atoms with Crippen molar-refractivity contribution in [3.63, 3.8) is 0 Å². The Morgan fingerprint density at radius 2 is 1.84 bits per heavy atom. The standard InChI is InChI=1S/C15H10N4/c1-2-12-8-9-14(16-10-12)15-11-19(18-17-15)13-6-4-3-5-7-13/h1,3-11H. The first-order valence-corrected chi connectivity index (χ1v) is 5.77. The number of hydrogen-bond donors (Lipinski definition) is 0. The molecule has 90 valence electrons. The summed E-state index contributed by atoms with van der Waals surface area (Å²) in [6.07, 6.45) is 8.79. The molecule has 0 spiro atoms. The monoisotopic (exact) mass is 246 g/mol. The summed E-state index contributed by atoms with van der Waals surface area (Å²) in [5.74, 6) is 2.53. The number of terminal acetylenes is 1. The summed E-state index contributed by atoms with van der Waals surface area (Å²) >= 11 is 0. The Hall–Kier alpha value is -2.93. The Morgan fingerprint density at radius 3 is 2.53 bits per heavy atom. The molecule has 0 saturated carbocycles. The van der Waals surface area contributed by atoms with Crippen molar-refractivity contribution in [2.24, 2.45) is 0 Å². The molecule has 0 unspecified atom stereocenters. The van der Waals surface area contributed by atoms with Crippen molar-refractivity contribution >= 4 is 0 Å². The van der Waals surface area contributed by atoms with Crippen LogP contribution in [0, 0.1) is 12.3 Å². The van der Waals surface area contributed by atoms with Gasteiger partial charge in [-0.05, 0) is 24.3 Å². The van der Waals surface area contributed by atoms with E-state index in [0.29, 0.717) is 5.69 Å². The Kier molecular flexibility index (Phi) is 2.79. The second-order valence-corrected chi connectivity index (χ2v) is 3.96. The SMILES string of the molecule is C#Cc1ccc(-c2cn(-c3ccccc3)nn2)nc1. The number of pyridine rings is 1. The predicted octanol–water partition coefficient (Wildman–Crippen LogP) is 2.31. The Balaban J connectivity index is 1.95. The normalized spacial score (nSPS) is 10.1. The molecular weight excluding hydrogens is 236 g/mol. The first-order chi connectivity index (χ1) is 9.36. The molecule has 0 amide bonds. The third kappa shape index (κ3) is 2.22. The van der Waals surface area contributed by atoms with Gasteiger partial charge in [0, 0.05) is 11.8 Å². The van der Waals surface area contributed by atoms with Gasteiger partial charge >= 0.3 is 0 Å². The van der Waals surface area contributed by atoms with Gasteiger partial charge in [0.15, 0.2) is 0 Å². The molecule has 4 nitrogen and oxygen atoms in total. The molecule has 0 aliphatic heterocycles. The average Bonchev–Trinajstić information content (AvgIpc) is 2.98. The zero-order chi connectivity index (χ0) is 13.1. The molecule has 0 atom stereocenters. The molecule has 0 bridgehead atoms. The maximum atomic E-state index is 5.30. The van der Waals surface area contributed by atoms with E-state index >= 15 is 0 Å². The minimum absolute atomic E-state index is 0.715. The van der Waals surface area contributed by atoms with Crippen molar-refractivity contribution in [3.8, 4) is 29.4 Å². The number of benzene rings is 1. The number of para-hydroxylation sites is 1. The first-order valence-electron chi connectivity index (χ1n) is 5.77. The zero-order valence-electron chi connectivity index (χ0n) is 10.1. The molecule has 3 rings (SSSR count). The smallest absolute Gasteiger partial charge is 0.131 e. The molecular formula is C15H10N4. The van der Waals surface area contributed by atoms with Gasteiger partial charge in [-0.15, -0.1) is 11.5 Å². The van der Waals surface area contributed by atoms with Crippen molar-refractivity contribution in [1.82, 2.24) is 20.0 Å². The van der Waals surface area contributed by atoms with Gasteiger partial charge in [-0.1, -0.05) is 29.3 Å². The van der Waals surface area contributed by atoms with Gasteiger partial charge in [0.05, 0.1) is 17.6 Å². The van der Waals surface area contributed by atoms with Crippen LogP contribution in [0.15, 0.2) is 54.9 Å². The lowest BCUT2D eigenvalue weighted by molar-refractivity contribution is 0.803. The van der Waals surface area contributed by atoms with Gasteiger partial charge in [0.25, 0.3) is 0 Å². The van der Waals surface area contributed by atoms with Crippen molar-refractivity contribution in [2.45, 2.75) is 0 Å². The molecule has 2 heterocycles. The second kappa shape index (κ2) is 4.75. The Morgan fingerprint density at radius 1 is 1.00 bits per heavy atom. The number of rotatable bonds is 2. The van der Waals surface area contributed by atoms with E-state index in [-0.39, 0.29) is 0 Å². The minimum atomic E-state index is 0.715. The fourth-order valence-corrected chi connectivity index (χ4v) is 1.72. The molecule has 3 aromatic rings. The van der Waals surface area contributed by atoms with E-state index in [0.717, 1.165) is 16.9 Å². The van der Waals surface area contributed by atoms with Gasteiger partial charge in [-0.2, -0.15) is 0 Å². The fraction of sp³-hybridized carbons (Fsp3) is 0. The van der Waals surface area contributed by atoms with Crippen LogP contribution in [0.1, 0.15) is 5.56 Å². The van der Waals surface area contributed by atoms with E-state index in [2.05, 4.69) is 21.2 Å². The molecule has 0 saturated heterocycles. The molecule has 0 aliphatic carbocycles. The number of nitrogens with zero attached hydrogens (tertiary/aromatic N) is 4. The highest BCUT2D eigenvalue weighted by Gasteiger charge is 2.06. The molecule has 0 aliphatic rings. The molecule has 0 N–H and O–H groups in total. The zero-order valence-corrected chi connectivity index (χ0v) is 10.1. The molecule has 0 fully saturated rings. The second-order valence-electron chi connectivity index (χ2n) is 3.96. The average molecular weight is 246 g/mol. The third-order valence-electron chi connectivity index (χ3n) is 2.71. The maximum Gasteiger partial charge on any atom is 0.131 e. The van der Waals surface area contributed by atoms with Gasteiger partial charge in [0.1, 0.15) is 5.69 Å². The van der Waals surface area contributed by atoms with Crippen LogP contribution >= 0.6 is 0 Å². The van der Waals surface area contributed by atoms with E-state index in [1.807, 2.05) is 48.7 Å². The molecule has 19 heavy (non-hydrogen) atoms. The number of hydrogen-bond acceptors (Lipinski definition) is 3. The number of aromatic nitrogens is 4. The fourth-order valence-electron chi connectivity index (χ4n) is 1.72. The summed E-state index contributed by atoms with van der Waals surface area (Å²) in [4.78, 5) is 4.27. The Labute approximate surface area is 110 Å². The third-order valence-corrected chi connectivity index (χ3v) is 2.71. The van der Waals surface area contributed by atoms with E-state index in [1.165, 1.54) is 0 Å². The first kappa shape index (κ1) is 11.2. The van der Waals surface area contributed by atoms with Crippen LogP contribution in [0.25, 0.3) is 17.1 Å². The summed E-state index contributed by atoms with van der Waals surface area (Å²) in [5, 5.41) is 8.21. The summed E-state index contributed by atoms with van der Waals surface area (Å²) < 4.78 is 1.71. The van der Waals surface area contributed by atoms with Crippen LogP contribution in [0.3, 0.4) is 0 Å². The molecule has 2 aromatic heterocycles. The minimum Gasteiger partial charge on any atom is -0.253 e. The molecule has 0 radical (unpaired) electrons. The highest BCUT2D eigenvalue weighted by Crippen LogP contribution is 2.15. The Bertz CT molecular complexity index is 721. The van der Waals surface area contributed by atoms with Gasteiger partial charge in [-0.25, -0.2) is 4.68 Å². The summed E-state index contributed by atoms with van der Waals surface area (Å²) in [6.45, 7) is 0. The van der Waals surface area contributed by atoms with Crippen LogP contribution in [-0.4, -0.2) is 20.0 Å². The van der Waals surface area contributed by atoms with E-state index in [1.54, 1.807) is 10.9 Å². The summed E-state index contributed by atoms with van der Waals surface area (Å²) in [6, 6.07) is 13.5. The summed E-state index contributed by atoms with van der Waals surface area (Å²) in [5.41, 5.74) is 3.18. The highest BCUT2D eigenvalue weighted by molar-refractivity contribution is 5.54. The largest absolute Gasteiger partial charge is 0.253 e. The lowest BCUT2D eigenvalue weighted by atomic mass is 10.2. The van der Waals surface area contributed by atoms with Crippen molar-refractivity contribution < 1.29 is 0 Å². The highest BCUT2D eigenvalue weighted by atomic mass is 15.4. The van der Waals surface area contributed by atoms with Crippen LogP contribution in [0.5, 0.6) is 0 Å². The summed E-state index contributed by atoms with van der Waals surface area (Å²) in [7, 11) is 0. The van der Waals surface area contributed by atoms with E-state index in [9.17, 15) is 0 Å². The van der Waals surface area contributed by atoms with E-state index in [4.69, 9.17) is 6.42 Å². The van der Waals surface area contributed by atoms with Crippen LogP contribution in [0.2, 0.25) is 0 Å². The van der Waals surface area contributed by atoms with E-state index < -0.39 is 0 Å². The van der Waals surface area contributed by atoms with Gasteiger partial charge < -0.3 is 0 Å². The van der Waals surface area contributed by atoms with Gasteiger partial charge in [0.2, 0.25) is 0 Å². The van der Waals surface area contributed by atoms with Crippen LogP contribution in [-0.2, 0) is 0 Å². The topological polar surface area (TPSA) is 43.6 Å². The molecule has 4 heteroatoms. The van der Waals surface area contributed by atoms with Crippen molar-refractivity contribution in [2.75, 3.05) is 0 Å². The lowest BCUT2D eigenvalue weighted by Gasteiger charge is -1.97. The van der Waals surface area contributed by atoms with Crippen LogP contribution < -0.4 is 0 Å². The van der Waals surface area contributed by atoms with Crippen LogP contribution in [0.4, 0.5) is 0 Å². The quantitative estimate of drug-likeness (QED) is 0.652. The van der Waals surface area contributed by atoms with Crippen molar-refractivity contribution in [1.29, 1.82) is 0 Å². The molecule has 1 aromatic carbocycles. The predicted molar refractivity (Wildman–Crippen MR) is 72.5 cm³/mol.